The van der Waals surface area contributed by atoms with Gasteiger partial charge in [0.1, 0.15) is 5.82 Å². The Labute approximate surface area is 107 Å². The van der Waals surface area contributed by atoms with Crippen molar-refractivity contribution in [3.63, 3.8) is 0 Å². The summed E-state index contributed by atoms with van der Waals surface area (Å²) in [5, 5.41) is 4.16. The first-order valence-electron chi connectivity index (χ1n) is 6.37. The van der Waals surface area contributed by atoms with Crippen LogP contribution >= 0.6 is 11.8 Å². The molecule has 1 aromatic carbocycles. The minimum Gasteiger partial charge on any atom is -0.309 e. The fourth-order valence-corrected chi connectivity index (χ4v) is 3.46. The van der Waals surface area contributed by atoms with Crippen molar-refractivity contribution in [2.45, 2.75) is 37.5 Å². The average Bonchev–Trinajstić information content (AvgIpc) is 2.38. The Bertz CT molecular complexity index is 350. The molecule has 1 nitrogen and oxygen atoms in total. The molecule has 1 aromatic rings. The van der Waals surface area contributed by atoms with E-state index < -0.39 is 0 Å². The standard InChI is InChI=1S/C14H20FNS/c1-11(13-7-2-3-8-14(13)15)16-10-12-6-4-5-9-17-12/h2-3,7-8,11-12,16H,4-6,9-10H2,1H3. The average molecular weight is 253 g/mol. The van der Waals surface area contributed by atoms with Gasteiger partial charge in [0, 0.05) is 23.4 Å². The van der Waals surface area contributed by atoms with E-state index in [0.717, 1.165) is 12.1 Å². The third-order valence-corrected chi connectivity index (χ3v) is 4.70. The lowest BCUT2D eigenvalue weighted by atomic mass is 10.1. The van der Waals surface area contributed by atoms with Crippen molar-refractivity contribution in [1.29, 1.82) is 0 Å². The zero-order chi connectivity index (χ0) is 12.1. The molecule has 0 saturated carbocycles. The Morgan fingerprint density at radius 3 is 2.94 bits per heavy atom. The molecule has 0 amide bonds. The van der Waals surface area contributed by atoms with E-state index >= 15 is 0 Å². The molecule has 2 atom stereocenters. The van der Waals surface area contributed by atoms with Crippen LogP contribution in [0, 0.1) is 5.82 Å². The van der Waals surface area contributed by atoms with Crippen LogP contribution in [0.15, 0.2) is 24.3 Å². The molecule has 2 unspecified atom stereocenters. The van der Waals surface area contributed by atoms with Crippen molar-refractivity contribution in [2.75, 3.05) is 12.3 Å². The van der Waals surface area contributed by atoms with Gasteiger partial charge in [-0.1, -0.05) is 24.6 Å². The topological polar surface area (TPSA) is 12.0 Å². The lowest BCUT2D eigenvalue weighted by molar-refractivity contribution is 0.511. The molecular weight excluding hydrogens is 233 g/mol. The molecule has 0 aliphatic carbocycles. The Kier molecular flexibility index (Phi) is 4.86. The highest BCUT2D eigenvalue weighted by Gasteiger charge is 2.16. The third-order valence-electron chi connectivity index (χ3n) is 3.30. The molecule has 1 aliphatic rings. The molecule has 2 rings (SSSR count). The van der Waals surface area contributed by atoms with Crippen LogP contribution < -0.4 is 5.32 Å². The summed E-state index contributed by atoms with van der Waals surface area (Å²) in [6, 6.07) is 7.12. The summed E-state index contributed by atoms with van der Waals surface area (Å²) in [6.45, 7) is 3.02. The Hall–Kier alpha value is -0.540. The minimum absolute atomic E-state index is 0.0960. The first kappa shape index (κ1) is 12.9. The van der Waals surface area contributed by atoms with Gasteiger partial charge >= 0.3 is 0 Å². The normalized spacial score (nSPS) is 22.4. The molecule has 1 heterocycles. The summed E-state index contributed by atoms with van der Waals surface area (Å²) in [4.78, 5) is 0. The maximum Gasteiger partial charge on any atom is 0.127 e. The van der Waals surface area contributed by atoms with Crippen LogP contribution in [0.4, 0.5) is 4.39 Å². The molecule has 0 spiro atoms. The van der Waals surface area contributed by atoms with Gasteiger partial charge in [0.15, 0.2) is 0 Å². The van der Waals surface area contributed by atoms with Crippen LogP contribution in [0.5, 0.6) is 0 Å². The van der Waals surface area contributed by atoms with E-state index in [9.17, 15) is 4.39 Å². The van der Waals surface area contributed by atoms with Gasteiger partial charge in [-0.3, -0.25) is 0 Å². The van der Waals surface area contributed by atoms with Crippen LogP contribution in [-0.4, -0.2) is 17.5 Å². The van der Waals surface area contributed by atoms with Gasteiger partial charge in [-0.05, 0) is 31.6 Å². The molecular formula is C14H20FNS. The Balaban J connectivity index is 1.84. The van der Waals surface area contributed by atoms with Crippen molar-refractivity contribution in [3.8, 4) is 0 Å². The predicted molar refractivity (Wildman–Crippen MR) is 72.9 cm³/mol. The summed E-state index contributed by atoms with van der Waals surface area (Å²) in [6.07, 6.45) is 3.99. The maximum absolute atomic E-state index is 13.6. The van der Waals surface area contributed by atoms with E-state index in [1.54, 1.807) is 6.07 Å². The van der Waals surface area contributed by atoms with Crippen molar-refractivity contribution < 1.29 is 4.39 Å². The monoisotopic (exact) mass is 253 g/mol. The Morgan fingerprint density at radius 2 is 2.24 bits per heavy atom. The summed E-state index contributed by atoms with van der Waals surface area (Å²) in [5.41, 5.74) is 0.772. The van der Waals surface area contributed by atoms with Crippen LogP contribution in [0.1, 0.15) is 37.8 Å². The van der Waals surface area contributed by atoms with E-state index in [-0.39, 0.29) is 11.9 Å². The van der Waals surface area contributed by atoms with Crippen molar-refractivity contribution in [1.82, 2.24) is 5.32 Å². The quantitative estimate of drug-likeness (QED) is 0.877. The van der Waals surface area contributed by atoms with Crippen LogP contribution in [0.25, 0.3) is 0 Å². The zero-order valence-electron chi connectivity index (χ0n) is 10.3. The molecule has 1 fully saturated rings. The highest BCUT2D eigenvalue weighted by Crippen LogP contribution is 2.25. The molecule has 94 valence electrons. The number of rotatable bonds is 4. The molecule has 3 heteroatoms. The fourth-order valence-electron chi connectivity index (χ4n) is 2.21. The summed E-state index contributed by atoms with van der Waals surface area (Å²) >= 11 is 2.05. The van der Waals surface area contributed by atoms with Gasteiger partial charge in [0.2, 0.25) is 0 Å². The maximum atomic E-state index is 13.6. The van der Waals surface area contributed by atoms with E-state index in [0.29, 0.717) is 5.25 Å². The lowest BCUT2D eigenvalue weighted by Crippen LogP contribution is -2.29. The summed E-state index contributed by atoms with van der Waals surface area (Å²) < 4.78 is 13.6. The largest absolute Gasteiger partial charge is 0.309 e. The second-order valence-electron chi connectivity index (χ2n) is 4.64. The highest BCUT2D eigenvalue weighted by molar-refractivity contribution is 7.99. The minimum atomic E-state index is -0.108. The molecule has 17 heavy (non-hydrogen) atoms. The van der Waals surface area contributed by atoms with E-state index in [1.165, 1.54) is 31.1 Å². The smallest absolute Gasteiger partial charge is 0.127 e. The molecule has 0 radical (unpaired) electrons. The van der Waals surface area contributed by atoms with Gasteiger partial charge in [-0.15, -0.1) is 0 Å². The van der Waals surface area contributed by atoms with E-state index in [1.807, 2.05) is 30.8 Å². The van der Waals surface area contributed by atoms with Crippen LogP contribution in [0.2, 0.25) is 0 Å². The number of halogens is 1. The summed E-state index contributed by atoms with van der Waals surface area (Å²) in [5.74, 6) is 1.17. The predicted octanol–water partition coefficient (Wildman–Crippen LogP) is 3.76. The number of thioether (sulfide) groups is 1. The van der Waals surface area contributed by atoms with Crippen LogP contribution in [0.3, 0.4) is 0 Å². The lowest BCUT2D eigenvalue weighted by Gasteiger charge is -2.24. The van der Waals surface area contributed by atoms with Gasteiger partial charge in [0.25, 0.3) is 0 Å². The molecule has 0 aromatic heterocycles. The van der Waals surface area contributed by atoms with Crippen molar-refractivity contribution in [3.05, 3.63) is 35.6 Å². The fraction of sp³-hybridized carbons (Fsp3) is 0.571. The molecule has 0 bridgehead atoms. The molecule has 1 saturated heterocycles. The molecule has 1 aliphatic heterocycles. The Morgan fingerprint density at radius 1 is 1.41 bits per heavy atom. The van der Waals surface area contributed by atoms with Gasteiger partial charge in [-0.2, -0.15) is 11.8 Å². The highest BCUT2D eigenvalue weighted by atomic mass is 32.2. The first-order chi connectivity index (χ1) is 8.27. The number of nitrogens with one attached hydrogen (secondary N) is 1. The third kappa shape index (κ3) is 3.71. The van der Waals surface area contributed by atoms with E-state index in [4.69, 9.17) is 0 Å². The zero-order valence-corrected chi connectivity index (χ0v) is 11.1. The van der Waals surface area contributed by atoms with Crippen molar-refractivity contribution >= 4 is 11.8 Å². The van der Waals surface area contributed by atoms with Gasteiger partial charge in [0.05, 0.1) is 0 Å². The number of benzene rings is 1. The number of hydrogen-bond acceptors (Lipinski definition) is 2. The second-order valence-corrected chi connectivity index (χ2v) is 6.05. The summed E-state index contributed by atoms with van der Waals surface area (Å²) in [7, 11) is 0. The van der Waals surface area contributed by atoms with Crippen molar-refractivity contribution in [2.24, 2.45) is 0 Å². The second kappa shape index (κ2) is 6.41. The SMILES string of the molecule is CC(NCC1CCCCS1)c1ccccc1F. The van der Waals surface area contributed by atoms with E-state index in [2.05, 4.69) is 5.32 Å². The van der Waals surface area contributed by atoms with Gasteiger partial charge < -0.3 is 5.32 Å². The van der Waals surface area contributed by atoms with Crippen LogP contribution in [-0.2, 0) is 0 Å². The first-order valence-corrected chi connectivity index (χ1v) is 7.41. The molecule has 1 N–H and O–H groups in total. The number of hydrogen-bond donors (Lipinski definition) is 1. The van der Waals surface area contributed by atoms with Gasteiger partial charge in [-0.25, -0.2) is 4.39 Å².